The van der Waals surface area contributed by atoms with Crippen molar-refractivity contribution in [3.8, 4) is 11.4 Å². The number of hydrogen-bond donors (Lipinski definition) is 1. The van der Waals surface area contributed by atoms with Crippen LogP contribution in [0.5, 0.6) is 0 Å². The first-order valence-electron chi connectivity index (χ1n) is 8.28. The lowest BCUT2D eigenvalue weighted by Crippen LogP contribution is -2.40. The lowest BCUT2D eigenvalue weighted by Gasteiger charge is -2.30. The van der Waals surface area contributed by atoms with E-state index in [2.05, 4.69) is 10.1 Å². The fourth-order valence-corrected chi connectivity index (χ4v) is 3.31. The molecule has 26 heavy (non-hydrogen) atoms. The molecule has 1 atom stereocenters. The number of benzene rings is 1. The van der Waals surface area contributed by atoms with Gasteiger partial charge >= 0.3 is 6.09 Å². The molecule has 1 N–H and O–H groups in total. The van der Waals surface area contributed by atoms with Crippen LogP contribution in [0.4, 0.5) is 9.18 Å². The summed E-state index contributed by atoms with van der Waals surface area (Å²) >= 11 is 1.33. The van der Waals surface area contributed by atoms with E-state index in [1.807, 2.05) is 6.26 Å². The molecule has 1 aromatic carbocycles. The van der Waals surface area contributed by atoms with E-state index in [0.29, 0.717) is 48.1 Å². The normalized spacial score (nSPS) is 16.7. The molecular formula is C17H20FN3O4S. The van der Waals surface area contributed by atoms with Crippen LogP contribution in [0, 0.1) is 5.82 Å². The molecule has 2 aromatic rings. The summed E-state index contributed by atoms with van der Waals surface area (Å²) in [6.45, 7) is 2.70. The van der Waals surface area contributed by atoms with Crippen LogP contribution in [0.25, 0.3) is 11.4 Å². The summed E-state index contributed by atoms with van der Waals surface area (Å²) < 4.78 is 25.1. The summed E-state index contributed by atoms with van der Waals surface area (Å²) in [5.41, 5.74) is 0.539. The van der Waals surface area contributed by atoms with Crippen molar-refractivity contribution in [2.75, 3.05) is 19.3 Å². The van der Waals surface area contributed by atoms with Gasteiger partial charge in [-0.15, -0.1) is 11.8 Å². The Kier molecular flexibility index (Phi) is 5.77. The molecule has 1 fully saturated rings. The molecule has 2 heterocycles. The van der Waals surface area contributed by atoms with Gasteiger partial charge in [-0.1, -0.05) is 5.16 Å². The molecule has 9 heteroatoms. The first-order chi connectivity index (χ1) is 12.5. The highest BCUT2D eigenvalue weighted by Gasteiger charge is 2.26. The lowest BCUT2D eigenvalue weighted by molar-refractivity contribution is -0.0451. The molecule has 1 saturated heterocycles. The second kappa shape index (κ2) is 8.05. The van der Waals surface area contributed by atoms with Crippen molar-refractivity contribution < 1.29 is 23.6 Å². The van der Waals surface area contributed by atoms with Crippen LogP contribution >= 0.6 is 11.8 Å². The fourth-order valence-electron chi connectivity index (χ4n) is 2.85. The predicted octanol–water partition coefficient (Wildman–Crippen LogP) is 3.82. The average molecular weight is 381 g/mol. The van der Waals surface area contributed by atoms with E-state index in [-0.39, 0.29) is 11.9 Å². The fraction of sp³-hybridized carbons (Fsp3) is 0.471. The zero-order valence-electron chi connectivity index (χ0n) is 14.5. The number of halogens is 1. The van der Waals surface area contributed by atoms with Gasteiger partial charge in [-0.25, -0.2) is 9.18 Å². The number of hydrogen-bond acceptors (Lipinski definition) is 6. The van der Waals surface area contributed by atoms with Crippen molar-refractivity contribution in [1.82, 2.24) is 15.0 Å². The quantitative estimate of drug-likeness (QED) is 0.788. The molecule has 7 nitrogen and oxygen atoms in total. The molecule has 0 aliphatic carbocycles. The smallest absolute Gasteiger partial charge is 0.407 e. The molecular weight excluding hydrogens is 361 g/mol. The summed E-state index contributed by atoms with van der Waals surface area (Å²) in [6.07, 6.45) is 1.67. The second-order valence-corrected chi connectivity index (χ2v) is 6.90. The number of carboxylic acid groups (broad SMARTS) is 1. The summed E-state index contributed by atoms with van der Waals surface area (Å²) in [5.74, 6) is 0.300. The van der Waals surface area contributed by atoms with Crippen molar-refractivity contribution in [1.29, 1.82) is 0 Å². The van der Waals surface area contributed by atoms with Crippen molar-refractivity contribution in [2.24, 2.45) is 0 Å². The molecule has 1 aromatic heterocycles. The first kappa shape index (κ1) is 18.7. The highest BCUT2D eigenvalue weighted by Crippen LogP contribution is 2.27. The van der Waals surface area contributed by atoms with Gasteiger partial charge in [0.1, 0.15) is 11.9 Å². The van der Waals surface area contributed by atoms with Crippen LogP contribution in [-0.2, 0) is 4.74 Å². The number of aromatic nitrogens is 2. The molecule has 1 aliphatic heterocycles. The summed E-state index contributed by atoms with van der Waals surface area (Å²) in [6, 6.07) is 4.81. The lowest BCUT2D eigenvalue weighted by atomic mass is 10.1. The van der Waals surface area contributed by atoms with E-state index in [1.54, 1.807) is 19.1 Å². The van der Waals surface area contributed by atoms with Gasteiger partial charge in [0.05, 0.1) is 6.10 Å². The third-order valence-electron chi connectivity index (χ3n) is 4.31. The molecule has 0 bridgehead atoms. The van der Waals surface area contributed by atoms with Gasteiger partial charge in [-0.05, 0) is 44.2 Å². The molecule has 0 radical (unpaired) electrons. The van der Waals surface area contributed by atoms with Crippen molar-refractivity contribution in [2.45, 2.75) is 36.9 Å². The highest BCUT2D eigenvalue weighted by atomic mass is 32.2. The number of rotatable bonds is 5. The largest absolute Gasteiger partial charge is 0.465 e. The van der Waals surface area contributed by atoms with E-state index in [4.69, 9.17) is 14.4 Å². The van der Waals surface area contributed by atoms with E-state index >= 15 is 0 Å². The Morgan fingerprint density at radius 2 is 2.19 bits per heavy atom. The van der Waals surface area contributed by atoms with Crippen LogP contribution in [0.3, 0.4) is 0 Å². The highest BCUT2D eigenvalue weighted by molar-refractivity contribution is 7.98. The topological polar surface area (TPSA) is 88.7 Å². The number of piperidine rings is 1. The molecule has 0 spiro atoms. The summed E-state index contributed by atoms with van der Waals surface area (Å²) in [5, 5.41) is 12.9. The summed E-state index contributed by atoms with van der Waals surface area (Å²) in [7, 11) is 0. The number of nitrogens with zero attached hydrogens (tertiary/aromatic N) is 3. The maximum Gasteiger partial charge on any atom is 0.407 e. The average Bonchev–Trinajstić information content (AvgIpc) is 3.12. The SMILES string of the molecule is CSc1ccc(-c2noc([C@@H](C)OC3CCN(C(=O)O)CC3)n2)cc1F. The van der Waals surface area contributed by atoms with E-state index in [0.717, 1.165) is 0 Å². The van der Waals surface area contributed by atoms with Crippen molar-refractivity contribution >= 4 is 17.9 Å². The predicted molar refractivity (Wildman–Crippen MR) is 93.6 cm³/mol. The third kappa shape index (κ3) is 4.16. The van der Waals surface area contributed by atoms with Gasteiger partial charge in [0.15, 0.2) is 0 Å². The third-order valence-corrected chi connectivity index (χ3v) is 5.08. The monoisotopic (exact) mass is 381 g/mol. The summed E-state index contributed by atoms with van der Waals surface area (Å²) in [4.78, 5) is 17.2. The minimum Gasteiger partial charge on any atom is -0.465 e. The molecule has 140 valence electrons. The zero-order chi connectivity index (χ0) is 18.7. The van der Waals surface area contributed by atoms with Crippen molar-refractivity contribution in [3.05, 3.63) is 29.9 Å². The minimum absolute atomic E-state index is 0.0609. The van der Waals surface area contributed by atoms with Gasteiger partial charge in [-0.2, -0.15) is 4.98 Å². The Hall–Kier alpha value is -2.13. The Bertz CT molecular complexity index is 777. The zero-order valence-corrected chi connectivity index (χ0v) is 15.3. The number of thioether (sulfide) groups is 1. The molecule has 0 saturated carbocycles. The molecule has 0 unspecified atom stereocenters. The Morgan fingerprint density at radius 3 is 2.81 bits per heavy atom. The number of likely N-dealkylation sites (tertiary alicyclic amines) is 1. The van der Waals surface area contributed by atoms with Gasteiger partial charge in [0.2, 0.25) is 5.82 Å². The number of carbonyl (C=O) groups is 1. The molecule has 1 amide bonds. The maximum absolute atomic E-state index is 13.9. The molecule has 3 rings (SSSR count). The van der Waals surface area contributed by atoms with E-state index < -0.39 is 12.2 Å². The van der Waals surface area contributed by atoms with Gasteiger partial charge in [0.25, 0.3) is 5.89 Å². The first-order valence-corrected chi connectivity index (χ1v) is 9.51. The van der Waals surface area contributed by atoms with Crippen LogP contribution in [0.15, 0.2) is 27.6 Å². The Morgan fingerprint density at radius 1 is 1.46 bits per heavy atom. The van der Waals surface area contributed by atoms with Crippen LogP contribution in [0.1, 0.15) is 31.8 Å². The van der Waals surface area contributed by atoms with Gasteiger partial charge in [-0.3, -0.25) is 0 Å². The maximum atomic E-state index is 13.9. The minimum atomic E-state index is -0.905. The Balaban J connectivity index is 1.62. The standard InChI is InChI=1S/C17H20FN3O4S/c1-10(24-12-5-7-21(8-6-12)17(22)23)16-19-15(20-25-16)11-3-4-14(26-2)13(18)9-11/h3-4,9-10,12H,5-8H2,1-2H3,(H,22,23)/t10-/m1/s1. The Labute approximate surface area is 154 Å². The van der Waals surface area contributed by atoms with Crippen LogP contribution < -0.4 is 0 Å². The van der Waals surface area contributed by atoms with Gasteiger partial charge in [0, 0.05) is 23.5 Å². The van der Waals surface area contributed by atoms with Crippen molar-refractivity contribution in [3.63, 3.8) is 0 Å². The number of ether oxygens (including phenoxy) is 1. The van der Waals surface area contributed by atoms with Gasteiger partial charge < -0.3 is 19.3 Å². The van der Waals surface area contributed by atoms with E-state index in [1.165, 1.54) is 22.7 Å². The van der Waals surface area contributed by atoms with Crippen LogP contribution in [0.2, 0.25) is 0 Å². The molecule has 1 aliphatic rings. The number of amides is 1. The van der Waals surface area contributed by atoms with Crippen LogP contribution in [-0.4, -0.2) is 51.7 Å². The second-order valence-electron chi connectivity index (χ2n) is 6.05. The van der Waals surface area contributed by atoms with E-state index in [9.17, 15) is 9.18 Å².